The first kappa shape index (κ1) is 13.9. The van der Waals surface area contributed by atoms with Gasteiger partial charge in [-0.2, -0.15) is 0 Å². The van der Waals surface area contributed by atoms with Gasteiger partial charge in [0.2, 0.25) is 5.89 Å². The summed E-state index contributed by atoms with van der Waals surface area (Å²) in [6, 6.07) is 11.2. The number of nitrogens with zero attached hydrogens (tertiary/aromatic N) is 1. The van der Waals surface area contributed by atoms with Gasteiger partial charge < -0.3 is 15.3 Å². The topological polar surface area (TPSA) is 72.3 Å². The van der Waals surface area contributed by atoms with Crippen molar-refractivity contribution in [3.8, 4) is 11.5 Å². The normalized spacial score (nSPS) is 12.0. The van der Waals surface area contributed by atoms with Crippen molar-refractivity contribution in [3.05, 3.63) is 47.0 Å². The summed E-state index contributed by atoms with van der Waals surface area (Å²) in [5, 5.41) is 10.5. The van der Waals surface area contributed by atoms with Crippen molar-refractivity contribution in [3.63, 3.8) is 0 Å². The average Bonchev–Trinajstić information content (AvgIpc) is 2.82. The van der Waals surface area contributed by atoms with Crippen LogP contribution in [0.2, 0.25) is 5.02 Å². The highest BCUT2D eigenvalue weighted by Crippen LogP contribution is 2.39. The van der Waals surface area contributed by atoms with E-state index in [4.69, 9.17) is 21.8 Å². The second-order valence-electron chi connectivity index (χ2n) is 5.45. The van der Waals surface area contributed by atoms with Crippen molar-refractivity contribution in [2.75, 3.05) is 5.73 Å². The summed E-state index contributed by atoms with van der Waals surface area (Å²) in [4.78, 5) is 4.42. The predicted molar refractivity (Wildman–Crippen MR) is 84.1 cm³/mol. The Bertz CT molecular complexity index is 804. The third kappa shape index (κ3) is 2.37. The molecule has 0 saturated heterocycles. The first-order valence-corrected chi connectivity index (χ1v) is 6.92. The summed E-state index contributed by atoms with van der Waals surface area (Å²) in [5.74, 6) is 0.472. The van der Waals surface area contributed by atoms with E-state index in [9.17, 15) is 5.11 Å². The van der Waals surface area contributed by atoms with E-state index in [0.717, 1.165) is 5.56 Å². The van der Waals surface area contributed by atoms with Crippen molar-refractivity contribution in [1.29, 1.82) is 0 Å². The third-order valence-corrected chi connectivity index (χ3v) is 3.65. The van der Waals surface area contributed by atoms with Crippen LogP contribution < -0.4 is 5.73 Å². The quantitative estimate of drug-likeness (QED) is 0.703. The molecule has 0 atom stereocenters. The van der Waals surface area contributed by atoms with E-state index in [0.29, 0.717) is 33.3 Å². The van der Waals surface area contributed by atoms with Crippen LogP contribution >= 0.6 is 11.6 Å². The van der Waals surface area contributed by atoms with Gasteiger partial charge in [-0.25, -0.2) is 4.98 Å². The van der Waals surface area contributed by atoms with Crippen LogP contribution in [0.1, 0.15) is 19.4 Å². The zero-order valence-electron chi connectivity index (χ0n) is 11.7. The molecule has 0 bridgehead atoms. The average molecular weight is 303 g/mol. The van der Waals surface area contributed by atoms with Gasteiger partial charge in [0.25, 0.3) is 0 Å². The second-order valence-corrected chi connectivity index (χ2v) is 5.83. The Morgan fingerprint density at radius 3 is 2.52 bits per heavy atom. The first-order valence-electron chi connectivity index (χ1n) is 6.54. The minimum Gasteiger partial charge on any atom is -0.434 e. The van der Waals surface area contributed by atoms with Crippen LogP contribution in [0.4, 0.5) is 5.69 Å². The number of anilines is 1. The van der Waals surface area contributed by atoms with Gasteiger partial charge in [0.15, 0.2) is 5.58 Å². The molecule has 3 N–H and O–H groups in total. The fourth-order valence-corrected chi connectivity index (χ4v) is 2.85. The van der Waals surface area contributed by atoms with Gasteiger partial charge in [-0.1, -0.05) is 29.8 Å². The fourth-order valence-electron chi connectivity index (χ4n) is 2.37. The Balaban J connectivity index is 2.26. The molecule has 5 heteroatoms. The van der Waals surface area contributed by atoms with Gasteiger partial charge in [0.05, 0.1) is 10.6 Å². The smallest absolute Gasteiger partial charge is 0.227 e. The monoisotopic (exact) mass is 302 g/mol. The number of benzene rings is 2. The van der Waals surface area contributed by atoms with Gasteiger partial charge in [-0.3, -0.25) is 0 Å². The Hall–Kier alpha value is -2.04. The van der Waals surface area contributed by atoms with Gasteiger partial charge in [0.1, 0.15) is 5.52 Å². The molecular weight excluding hydrogens is 288 g/mol. The van der Waals surface area contributed by atoms with Crippen LogP contribution in [-0.4, -0.2) is 10.1 Å². The van der Waals surface area contributed by atoms with Gasteiger partial charge >= 0.3 is 0 Å². The van der Waals surface area contributed by atoms with E-state index in [1.165, 1.54) is 0 Å². The van der Waals surface area contributed by atoms with E-state index in [1.807, 2.05) is 30.3 Å². The number of aromatic nitrogens is 1. The van der Waals surface area contributed by atoms with E-state index in [1.54, 1.807) is 19.9 Å². The number of hydrogen-bond acceptors (Lipinski definition) is 4. The molecule has 3 aromatic rings. The highest BCUT2D eigenvalue weighted by molar-refractivity contribution is 6.36. The van der Waals surface area contributed by atoms with Crippen LogP contribution in [0.3, 0.4) is 0 Å². The minimum absolute atomic E-state index is 0.298. The Morgan fingerprint density at radius 2 is 1.90 bits per heavy atom. The lowest BCUT2D eigenvalue weighted by molar-refractivity contribution is 0.0795. The number of oxazole rings is 1. The Morgan fingerprint density at radius 1 is 1.24 bits per heavy atom. The molecule has 108 valence electrons. The highest BCUT2D eigenvalue weighted by atomic mass is 35.5. The Kier molecular flexibility index (Phi) is 3.15. The summed E-state index contributed by atoms with van der Waals surface area (Å²) in [5.41, 5.74) is 7.55. The van der Waals surface area contributed by atoms with E-state index in [2.05, 4.69) is 4.98 Å². The van der Waals surface area contributed by atoms with Crippen molar-refractivity contribution >= 4 is 28.4 Å². The molecule has 0 fully saturated rings. The lowest BCUT2D eigenvalue weighted by Gasteiger charge is -2.21. The van der Waals surface area contributed by atoms with E-state index >= 15 is 0 Å². The van der Waals surface area contributed by atoms with Gasteiger partial charge in [-0.15, -0.1) is 0 Å². The molecule has 2 aromatic carbocycles. The molecule has 0 aliphatic rings. The summed E-state index contributed by atoms with van der Waals surface area (Å²) in [6.07, 6.45) is 0. The van der Waals surface area contributed by atoms with Crippen molar-refractivity contribution in [2.45, 2.75) is 19.4 Å². The molecule has 0 spiro atoms. The summed E-state index contributed by atoms with van der Waals surface area (Å²) in [6.45, 7) is 3.26. The lowest BCUT2D eigenvalue weighted by atomic mass is 9.96. The molecule has 3 rings (SSSR count). The van der Waals surface area contributed by atoms with Crippen molar-refractivity contribution in [1.82, 2.24) is 4.98 Å². The van der Waals surface area contributed by atoms with E-state index in [-0.39, 0.29) is 0 Å². The van der Waals surface area contributed by atoms with Crippen LogP contribution in [0.25, 0.3) is 22.6 Å². The van der Waals surface area contributed by atoms with Gasteiger partial charge in [-0.05, 0) is 32.0 Å². The van der Waals surface area contributed by atoms with Crippen LogP contribution in [0, 0.1) is 0 Å². The van der Waals surface area contributed by atoms with Crippen LogP contribution in [0.5, 0.6) is 0 Å². The maximum Gasteiger partial charge on any atom is 0.227 e. The molecule has 0 radical (unpaired) electrons. The zero-order valence-corrected chi connectivity index (χ0v) is 12.5. The molecule has 0 amide bonds. The summed E-state index contributed by atoms with van der Waals surface area (Å²) >= 11 is 6.36. The second kappa shape index (κ2) is 4.76. The number of aliphatic hydroxyl groups is 1. The van der Waals surface area contributed by atoms with Gasteiger partial charge in [0, 0.05) is 16.8 Å². The first-order chi connectivity index (χ1) is 9.88. The number of hydrogen-bond donors (Lipinski definition) is 2. The molecule has 21 heavy (non-hydrogen) atoms. The predicted octanol–water partition coefficient (Wildman–Crippen LogP) is 3.96. The largest absolute Gasteiger partial charge is 0.434 e. The molecule has 0 aliphatic heterocycles. The Labute approximate surface area is 127 Å². The molecular formula is C16H15ClN2O2. The molecule has 1 aromatic heterocycles. The number of fused-ring (bicyclic) bond motifs is 1. The molecule has 4 nitrogen and oxygen atoms in total. The molecule has 0 aliphatic carbocycles. The standard InChI is InChI=1S/C16H15ClN2O2/c1-16(2,20)12-10(18)8-11-14(13(12)17)21-15(19-11)9-6-4-3-5-7-9/h3-8,20H,18H2,1-2H3. The van der Waals surface area contributed by atoms with Crippen LogP contribution in [-0.2, 0) is 5.60 Å². The highest BCUT2D eigenvalue weighted by Gasteiger charge is 2.26. The fraction of sp³-hybridized carbons (Fsp3) is 0.188. The summed E-state index contributed by atoms with van der Waals surface area (Å²) < 4.78 is 5.77. The molecule has 0 saturated carbocycles. The molecule has 1 heterocycles. The minimum atomic E-state index is -1.16. The van der Waals surface area contributed by atoms with E-state index < -0.39 is 5.60 Å². The number of rotatable bonds is 2. The summed E-state index contributed by atoms with van der Waals surface area (Å²) in [7, 11) is 0. The molecule has 0 unspecified atom stereocenters. The zero-order chi connectivity index (χ0) is 15.2. The van der Waals surface area contributed by atoms with Crippen molar-refractivity contribution in [2.24, 2.45) is 0 Å². The number of nitrogen functional groups attached to an aromatic ring is 1. The SMILES string of the molecule is CC(C)(O)c1c(N)cc2nc(-c3ccccc3)oc2c1Cl. The maximum atomic E-state index is 10.2. The number of nitrogens with two attached hydrogens (primary N) is 1. The lowest BCUT2D eigenvalue weighted by Crippen LogP contribution is -2.18. The maximum absolute atomic E-state index is 10.2. The van der Waals surface area contributed by atoms with Crippen LogP contribution in [0.15, 0.2) is 40.8 Å². The van der Waals surface area contributed by atoms with Crippen molar-refractivity contribution < 1.29 is 9.52 Å². The number of halogens is 1. The third-order valence-electron chi connectivity index (χ3n) is 3.29.